The summed E-state index contributed by atoms with van der Waals surface area (Å²) in [6.45, 7) is 4.58. The number of likely N-dealkylation sites (tertiary alicyclic amines) is 1. The van der Waals surface area contributed by atoms with Gasteiger partial charge in [-0.05, 0) is 50.2 Å². The van der Waals surface area contributed by atoms with Crippen LogP contribution in [0.1, 0.15) is 19.3 Å². The molecule has 1 aromatic carbocycles. The van der Waals surface area contributed by atoms with Crippen LogP contribution in [0.15, 0.2) is 59.5 Å². The van der Waals surface area contributed by atoms with Gasteiger partial charge in [-0.3, -0.25) is 9.69 Å². The Kier molecular flexibility index (Phi) is 8.29. The van der Waals surface area contributed by atoms with Crippen LogP contribution in [0.3, 0.4) is 0 Å². The Balaban J connectivity index is 1.48. The SMILES string of the molecule is C=C/C(C(=O)Nc1sc(N2CC(N3CCCCC3)C2)nc1-c1cc(Cl)ccc1OC(F)F)=C1/N=CC=CN1C. The Hall–Kier alpha value is -3.28. The largest absolute Gasteiger partial charge is 0.434 e. The fraction of sp³-hybridized carbons (Fsp3) is 0.370. The molecule has 0 saturated carbocycles. The van der Waals surface area contributed by atoms with Crippen molar-refractivity contribution in [2.75, 3.05) is 43.4 Å². The van der Waals surface area contributed by atoms with E-state index in [4.69, 9.17) is 21.3 Å². The molecule has 0 aliphatic carbocycles. The summed E-state index contributed by atoms with van der Waals surface area (Å²) in [4.78, 5) is 28.9. The lowest BCUT2D eigenvalue weighted by atomic mass is 10.0. The highest BCUT2D eigenvalue weighted by molar-refractivity contribution is 7.20. The number of benzene rings is 1. The molecule has 2 saturated heterocycles. The number of carbonyl (C=O) groups excluding carboxylic acids is 1. The lowest BCUT2D eigenvalue weighted by Gasteiger charge is -2.46. The van der Waals surface area contributed by atoms with E-state index in [1.807, 2.05) is 0 Å². The van der Waals surface area contributed by atoms with E-state index in [9.17, 15) is 13.6 Å². The van der Waals surface area contributed by atoms with E-state index in [2.05, 4.69) is 26.7 Å². The zero-order chi connectivity index (χ0) is 27.5. The van der Waals surface area contributed by atoms with Crippen LogP contribution in [0.4, 0.5) is 18.9 Å². The van der Waals surface area contributed by atoms with Crippen LogP contribution in [0.2, 0.25) is 5.02 Å². The van der Waals surface area contributed by atoms with Gasteiger partial charge in [-0.25, -0.2) is 9.98 Å². The second kappa shape index (κ2) is 11.8. The molecule has 0 atom stereocenters. The van der Waals surface area contributed by atoms with Crippen LogP contribution in [0.25, 0.3) is 11.3 Å². The molecule has 2 fully saturated rings. The van der Waals surface area contributed by atoms with Gasteiger partial charge >= 0.3 is 6.61 Å². The van der Waals surface area contributed by atoms with Crippen LogP contribution in [-0.4, -0.2) is 72.8 Å². The van der Waals surface area contributed by atoms with Gasteiger partial charge in [-0.2, -0.15) is 8.78 Å². The molecule has 0 radical (unpaired) electrons. The summed E-state index contributed by atoms with van der Waals surface area (Å²) in [5, 5.41) is 4.31. The molecule has 206 valence electrons. The Morgan fingerprint density at radius 3 is 2.74 bits per heavy atom. The zero-order valence-electron chi connectivity index (χ0n) is 21.4. The van der Waals surface area contributed by atoms with Crippen LogP contribution >= 0.6 is 22.9 Å². The zero-order valence-corrected chi connectivity index (χ0v) is 23.0. The predicted molar refractivity (Wildman–Crippen MR) is 152 cm³/mol. The topological polar surface area (TPSA) is 73.3 Å². The number of amides is 1. The lowest BCUT2D eigenvalue weighted by Crippen LogP contribution is -2.60. The summed E-state index contributed by atoms with van der Waals surface area (Å²) in [5.74, 6) is -0.114. The average Bonchev–Trinajstić information content (AvgIpc) is 3.29. The van der Waals surface area contributed by atoms with Crippen molar-refractivity contribution in [1.82, 2.24) is 14.8 Å². The Labute approximate surface area is 234 Å². The van der Waals surface area contributed by atoms with Crippen LogP contribution in [-0.2, 0) is 4.79 Å². The Morgan fingerprint density at radius 1 is 1.28 bits per heavy atom. The van der Waals surface area contributed by atoms with Crippen LogP contribution < -0.4 is 15.0 Å². The fourth-order valence-corrected chi connectivity index (χ4v) is 6.05. The van der Waals surface area contributed by atoms with E-state index in [0.717, 1.165) is 26.2 Å². The molecular formula is C27H29ClF2N6O2S. The first-order valence-corrected chi connectivity index (χ1v) is 13.9. The Morgan fingerprint density at radius 2 is 2.05 bits per heavy atom. The molecule has 1 amide bonds. The van der Waals surface area contributed by atoms with Crippen molar-refractivity contribution in [3.8, 4) is 17.0 Å². The van der Waals surface area contributed by atoms with Crippen molar-refractivity contribution >= 4 is 45.2 Å². The summed E-state index contributed by atoms with van der Waals surface area (Å²) >= 11 is 7.52. The van der Waals surface area contributed by atoms with Crippen molar-refractivity contribution < 1.29 is 18.3 Å². The molecule has 0 unspecified atom stereocenters. The number of halogens is 3. The predicted octanol–water partition coefficient (Wildman–Crippen LogP) is 5.61. The number of carbonyl (C=O) groups is 1. The minimum absolute atomic E-state index is 0.0828. The van der Waals surface area contributed by atoms with Crippen molar-refractivity contribution in [3.63, 3.8) is 0 Å². The van der Waals surface area contributed by atoms with Gasteiger partial charge in [0, 0.05) is 49.2 Å². The van der Waals surface area contributed by atoms with E-state index in [0.29, 0.717) is 32.7 Å². The molecule has 1 aromatic heterocycles. The number of alkyl halides is 2. The second-order valence-corrected chi connectivity index (χ2v) is 10.9. The van der Waals surface area contributed by atoms with Gasteiger partial charge in [-0.15, -0.1) is 0 Å². The molecule has 39 heavy (non-hydrogen) atoms. The van der Waals surface area contributed by atoms with Gasteiger partial charge in [0.2, 0.25) is 0 Å². The van der Waals surface area contributed by atoms with Gasteiger partial charge in [0.25, 0.3) is 5.91 Å². The standard InChI is InChI=1S/C27H29ClF2N6O2S/c1-3-19(23-31-10-7-11-34(23)2)24(37)33-25-22(20-14-17(28)8-9-21(20)38-26(29)30)32-27(39-25)36-15-18(16-36)35-12-5-4-6-13-35/h3,7-11,14,18,26H,1,4-6,12-13,15-16H2,2H3,(H,33,37)/b23-19+. The monoisotopic (exact) mass is 574 g/mol. The highest BCUT2D eigenvalue weighted by Gasteiger charge is 2.35. The highest BCUT2D eigenvalue weighted by atomic mass is 35.5. The number of nitrogens with zero attached hydrogens (tertiary/aromatic N) is 5. The van der Waals surface area contributed by atoms with Gasteiger partial charge in [0.1, 0.15) is 22.3 Å². The van der Waals surface area contributed by atoms with E-state index < -0.39 is 12.5 Å². The molecule has 5 rings (SSSR count). The van der Waals surface area contributed by atoms with E-state index >= 15 is 0 Å². The van der Waals surface area contributed by atoms with Gasteiger partial charge in [-0.1, -0.05) is 42.0 Å². The number of aliphatic imine (C=N–C) groups is 1. The minimum atomic E-state index is -3.04. The number of hydrogen-bond acceptors (Lipinski definition) is 8. The number of aromatic nitrogens is 1. The molecule has 3 aliphatic heterocycles. The number of hydrogen-bond donors (Lipinski definition) is 1. The van der Waals surface area contributed by atoms with E-state index in [1.54, 1.807) is 30.4 Å². The number of piperidine rings is 1. The van der Waals surface area contributed by atoms with Gasteiger partial charge in [0.15, 0.2) is 5.13 Å². The van der Waals surface area contributed by atoms with Gasteiger partial charge < -0.3 is 19.9 Å². The first-order chi connectivity index (χ1) is 18.8. The molecule has 1 N–H and O–H groups in total. The summed E-state index contributed by atoms with van der Waals surface area (Å²) in [5.41, 5.74) is 0.817. The first-order valence-electron chi connectivity index (χ1n) is 12.7. The normalized spacial score (nSPS) is 19.3. The van der Waals surface area contributed by atoms with Crippen molar-refractivity contribution in [2.24, 2.45) is 4.99 Å². The van der Waals surface area contributed by atoms with Crippen molar-refractivity contribution in [3.05, 3.63) is 59.5 Å². The average molecular weight is 575 g/mol. The fourth-order valence-electron chi connectivity index (χ4n) is 4.88. The number of nitrogens with one attached hydrogen (secondary N) is 1. The van der Waals surface area contributed by atoms with Crippen molar-refractivity contribution in [1.29, 1.82) is 0 Å². The highest BCUT2D eigenvalue weighted by Crippen LogP contribution is 2.44. The maximum Gasteiger partial charge on any atom is 0.387 e. The molecule has 0 bridgehead atoms. The number of anilines is 2. The maximum absolute atomic E-state index is 13.4. The molecule has 8 nitrogen and oxygen atoms in total. The smallest absolute Gasteiger partial charge is 0.387 e. The minimum Gasteiger partial charge on any atom is -0.434 e. The quantitative estimate of drug-likeness (QED) is 0.414. The number of rotatable bonds is 8. The Bertz CT molecular complexity index is 1330. The summed E-state index contributed by atoms with van der Waals surface area (Å²) < 4.78 is 31.3. The molecule has 3 aliphatic rings. The van der Waals surface area contributed by atoms with Crippen molar-refractivity contribution in [2.45, 2.75) is 31.9 Å². The molecule has 2 aromatic rings. The third-order valence-corrected chi connectivity index (χ3v) is 8.18. The van der Waals surface area contributed by atoms with Gasteiger partial charge in [0.05, 0.1) is 5.57 Å². The summed E-state index contributed by atoms with van der Waals surface area (Å²) in [6, 6.07) is 4.80. The van der Waals surface area contributed by atoms with E-state index in [-0.39, 0.29) is 16.9 Å². The van der Waals surface area contributed by atoms with Crippen LogP contribution in [0, 0.1) is 0 Å². The number of thiazole rings is 1. The number of ether oxygens (including phenoxy) is 1. The number of allylic oxidation sites excluding steroid dienone is 1. The molecule has 12 heteroatoms. The molecule has 0 spiro atoms. The molecular weight excluding hydrogens is 546 g/mol. The summed E-state index contributed by atoms with van der Waals surface area (Å²) in [7, 11) is 1.78. The van der Waals surface area contributed by atoms with E-state index in [1.165, 1.54) is 54.9 Å². The third-order valence-electron chi connectivity index (χ3n) is 6.91. The first kappa shape index (κ1) is 27.3. The maximum atomic E-state index is 13.4. The van der Waals surface area contributed by atoms with Crippen LogP contribution in [0.5, 0.6) is 5.75 Å². The molecule has 4 heterocycles. The lowest BCUT2D eigenvalue weighted by molar-refractivity contribution is -0.112. The second-order valence-electron chi connectivity index (χ2n) is 9.47. The third kappa shape index (κ3) is 6.00. The summed E-state index contributed by atoms with van der Waals surface area (Å²) in [6.07, 6.45) is 10.3.